The van der Waals surface area contributed by atoms with Crippen LogP contribution < -0.4 is 10.2 Å². The van der Waals surface area contributed by atoms with Crippen LogP contribution in [0, 0.1) is 0 Å². The molecule has 2 radical (unpaired) electrons. The van der Waals surface area contributed by atoms with E-state index in [1.165, 1.54) is 0 Å². The van der Waals surface area contributed by atoms with Gasteiger partial charge in [0.05, 0.1) is 6.10 Å². The van der Waals surface area contributed by atoms with Crippen LogP contribution in [0.25, 0.3) is 10.8 Å². The highest BCUT2D eigenvalue weighted by atomic mass is 16.5. The molecular weight excluding hydrogens is 185 g/mol. The zero-order valence-corrected chi connectivity index (χ0v) is 8.90. The van der Waals surface area contributed by atoms with E-state index in [4.69, 9.17) is 12.6 Å². The third-order valence-corrected chi connectivity index (χ3v) is 2.13. The largest absolute Gasteiger partial charge is 0.492 e. The molecule has 0 saturated heterocycles. The topological polar surface area (TPSA) is 22.1 Å². The van der Waals surface area contributed by atoms with Crippen LogP contribution in [0.5, 0.6) is 5.75 Å². The number of rotatable bonds is 2. The third kappa shape index (κ3) is 2.12. The van der Waals surface area contributed by atoms with E-state index in [0.29, 0.717) is 5.46 Å². The SMILES string of the molecule is [B]c1cc2ccncc2cc1OC(C)C. The van der Waals surface area contributed by atoms with Gasteiger partial charge in [0.2, 0.25) is 0 Å². The monoisotopic (exact) mass is 197 g/mol. The summed E-state index contributed by atoms with van der Waals surface area (Å²) in [6.45, 7) is 3.96. The van der Waals surface area contributed by atoms with Crippen LogP contribution in [0.3, 0.4) is 0 Å². The van der Waals surface area contributed by atoms with Crippen molar-refractivity contribution in [1.82, 2.24) is 4.98 Å². The summed E-state index contributed by atoms with van der Waals surface area (Å²) in [4.78, 5) is 4.07. The lowest BCUT2D eigenvalue weighted by Crippen LogP contribution is -2.14. The molecular formula is C12H12BNO. The average molecular weight is 197 g/mol. The Bertz CT molecular complexity index is 482. The Labute approximate surface area is 90.7 Å². The quantitative estimate of drug-likeness (QED) is 0.685. The minimum atomic E-state index is 0.126. The predicted octanol–water partition coefficient (Wildman–Crippen LogP) is 1.82. The summed E-state index contributed by atoms with van der Waals surface area (Å²) in [5, 5.41) is 2.13. The summed E-state index contributed by atoms with van der Waals surface area (Å²) in [5.74, 6) is 0.727. The highest BCUT2D eigenvalue weighted by Crippen LogP contribution is 2.18. The fourth-order valence-electron chi connectivity index (χ4n) is 1.49. The minimum absolute atomic E-state index is 0.126. The molecule has 15 heavy (non-hydrogen) atoms. The summed E-state index contributed by atoms with van der Waals surface area (Å²) in [6.07, 6.45) is 3.69. The van der Waals surface area contributed by atoms with Gasteiger partial charge in [-0.15, -0.1) is 0 Å². The number of fused-ring (bicyclic) bond motifs is 1. The average Bonchev–Trinajstić information content (AvgIpc) is 2.18. The molecule has 1 aromatic heterocycles. The van der Waals surface area contributed by atoms with E-state index in [0.717, 1.165) is 16.5 Å². The van der Waals surface area contributed by atoms with Gasteiger partial charge >= 0.3 is 0 Å². The van der Waals surface area contributed by atoms with Crippen molar-refractivity contribution >= 4 is 24.1 Å². The number of pyridine rings is 1. The standard InChI is InChI=1S/C12H12BNO/c1-8(2)15-12-6-10-7-14-4-3-9(10)5-11(12)13/h3-8H,1-2H3. The molecule has 2 rings (SSSR count). The van der Waals surface area contributed by atoms with Crippen molar-refractivity contribution in [3.8, 4) is 5.75 Å². The van der Waals surface area contributed by atoms with Gasteiger partial charge in [-0.1, -0.05) is 11.5 Å². The first-order chi connectivity index (χ1) is 7.16. The molecule has 3 heteroatoms. The minimum Gasteiger partial charge on any atom is -0.492 e. The van der Waals surface area contributed by atoms with Crippen LogP contribution in [0.1, 0.15) is 13.8 Å². The van der Waals surface area contributed by atoms with E-state index in [1.54, 1.807) is 6.20 Å². The van der Waals surface area contributed by atoms with Crippen molar-refractivity contribution in [2.45, 2.75) is 20.0 Å². The van der Waals surface area contributed by atoms with Crippen LogP contribution in [-0.4, -0.2) is 18.9 Å². The maximum absolute atomic E-state index is 5.89. The van der Waals surface area contributed by atoms with Gasteiger partial charge in [0.15, 0.2) is 0 Å². The van der Waals surface area contributed by atoms with Gasteiger partial charge in [0, 0.05) is 17.8 Å². The Balaban J connectivity index is 2.52. The molecule has 0 N–H and O–H groups in total. The Kier molecular flexibility index (Phi) is 2.63. The summed E-state index contributed by atoms with van der Waals surface area (Å²) < 4.78 is 5.60. The van der Waals surface area contributed by atoms with Gasteiger partial charge in [-0.25, -0.2) is 0 Å². The maximum Gasteiger partial charge on any atom is 0.119 e. The molecule has 1 aromatic carbocycles. The van der Waals surface area contributed by atoms with Gasteiger partial charge in [-0.05, 0) is 31.4 Å². The van der Waals surface area contributed by atoms with Crippen LogP contribution in [0.2, 0.25) is 0 Å². The molecule has 2 aromatic rings. The summed E-state index contributed by atoms with van der Waals surface area (Å²) in [6, 6.07) is 5.78. The summed E-state index contributed by atoms with van der Waals surface area (Å²) >= 11 is 0. The number of hydrogen-bond donors (Lipinski definition) is 0. The summed E-state index contributed by atoms with van der Waals surface area (Å²) in [7, 11) is 5.89. The van der Waals surface area contributed by atoms with E-state index in [2.05, 4.69) is 4.98 Å². The molecule has 0 atom stereocenters. The molecule has 0 amide bonds. The normalized spacial score (nSPS) is 10.9. The smallest absolute Gasteiger partial charge is 0.119 e. The zero-order valence-electron chi connectivity index (χ0n) is 8.90. The molecule has 0 fully saturated rings. The zero-order chi connectivity index (χ0) is 10.8. The Morgan fingerprint density at radius 3 is 2.80 bits per heavy atom. The van der Waals surface area contributed by atoms with Crippen molar-refractivity contribution in [3.05, 3.63) is 30.6 Å². The van der Waals surface area contributed by atoms with Crippen LogP contribution in [-0.2, 0) is 0 Å². The van der Waals surface area contributed by atoms with Crippen molar-refractivity contribution in [2.75, 3.05) is 0 Å². The van der Waals surface area contributed by atoms with E-state index >= 15 is 0 Å². The molecule has 0 bridgehead atoms. The second-order valence-electron chi connectivity index (χ2n) is 3.78. The molecule has 0 aliphatic heterocycles. The van der Waals surface area contributed by atoms with E-state index < -0.39 is 0 Å². The first-order valence-corrected chi connectivity index (χ1v) is 4.96. The second-order valence-corrected chi connectivity index (χ2v) is 3.78. The van der Waals surface area contributed by atoms with Gasteiger partial charge in [-0.3, -0.25) is 4.98 Å². The van der Waals surface area contributed by atoms with Crippen LogP contribution >= 0.6 is 0 Å². The molecule has 74 valence electrons. The second kappa shape index (κ2) is 3.93. The Morgan fingerprint density at radius 2 is 2.07 bits per heavy atom. The fourth-order valence-corrected chi connectivity index (χ4v) is 1.49. The Morgan fingerprint density at radius 1 is 1.27 bits per heavy atom. The van der Waals surface area contributed by atoms with Gasteiger partial charge in [-0.2, -0.15) is 0 Å². The fraction of sp³-hybridized carbons (Fsp3) is 0.250. The molecule has 0 saturated carbocycles. The van der Waals surface area contributed by atoms with Crippen molar-refractivity contribution in [3.63, 3.8) is 0 Å². The number of aromatic nitrogens is 1. The lowest BCUT2D eigenvalue weighted by atomic mass is 9.92. The summed E-state index contributed by atoms with van der Waals surface area (Å²) in [5.41, 5.74) is 0.669. The highest BCUT2D eigenvalue weighted by Gasteiger charge is 2.03. The lowest BCUT2D eigenvalue weighted by molar-refractivity contribution is 0.245. The number of benzene rings is 1. The van der Waals surface area contributed by atoms with Gasteiger partial charge < -0.3 is 4.74 Å². The van der Waals surface area contributed by atoms with Gasteiger partial charge in [0.1, 0.15) is 13.6 Å². The number of ether oxygens (including phenoxy) is 1. The van der Waals surface area contributed by atoms with E-state index in [1.807, 2.05) is 38.2 Å². The maximum atomic E-state index is 5.89. The molecule has 2 nitrogen and oxygen atoms in total. The van der Waals surface area contributed by atoms with Crippen molar-refractivity contribution in [1.29, 1.82) is 0 Å². The number of nitrogens with zero attached hydrogens (tertiary/aromatic N) is 1. The lowest BCUT2D eigenvalue weighted by Gasteiger charge is -2.13. The van der Waals surface area contributed by atoms with Gasteiger partial charge in [0.25, 0.3) is 0 Å². The first kappa shape index (κ1) is 10.0. The molecule has 0 unspecified atom stereocenters. The van der Waals surface area contributed by atoms with Crippen molar-refractivity contribution < 1.29 is 4.74 Å². The predicted molar refractivity (Wildman–Crippen MR) is 62.9 cm³/mol. The van der Waals surface area contributed by atoms with E-state index in [-0.39, 0.29) is 6.10 Å². The number of hydrogen-bond acceptors (Lipinski definition) is 2. The highest BCUT2D eigenvalue weighted by molar-refractivity contribution is 6.35. The first-order valence-electron chi connectivity index (χ1n) is 4.96. The molecule has 0 spiro atoms. The Hall–Kier alpha value is -1.51. The van der Waals surface area contributed by atoms with Crippen molar-refractivity contribution in [2.24, 2.45) is 0 Å². The van der Waals surface area contributed by atoms with Crippen LogP contribution in [0.4, 0.5) is 0 Å². The molecule has 0 aliphatic carbocycles. The molecule has 0 aliphatic rings. The third-order valence-electron chi connectivity index (χ3n) is 2.13. The van der Waals surface area contributed by atoms with E-state index in [9.17, 15) is 0 Å². The molecule has 1 heterocycles. The van der Waals surface area contributed by atoms with Crippen LogP contribution in [0.15, 0.2) is 30.6 Å².